The molecular formula is C15H28N2O3. The third-order valence-corrected chi connectivity index (χ3v) is 4.90. The molecule has 2 fully saturated rings. The fourth-order valence-electron chi connectivity index (χ4n) is 3.78. The van der Waals surface area contributed by atoms with Crippen LogP contribution in [0.15, 0.2) is 0 Å². The number of aliphatic hydroxyl groups is 1. The molecule has 5 nitrogen and oxygen atoms in total. The zero-order valence-corrected chi connectivity index (χ0v) is 12.6. The van der Waals surface area contributed by atoms with Gasteiger partial charge in [0.05, 0.1) is 6.61 Å². The first-order valence-electron chi connectivity index (χ1n) is 7.79. The minimum absolute atomic E-state index is 0.203. The summed E-state index contributed by atoms with van der Waals surface area (Å²) in [6.07, 6.45) is 4.47. The van der Waals surface area contributed by atoms with Crippen LogP contribution in [-0.2, 0) is 0 Å². The van der Waals surface area contributed by atoms with Crippen molar-refractivity contribution in [3.8, 4) is 0 Å². The Hall–Kier alpha value is -0.810. The number of nitrogens with one attached hydrogen (secondary N) is 1. The molecule has 0 aromatic heterocycles. The van der Waals surface area contributed by atoms with Crippen molar-refractivity contribution in [3.05, 3.63) is 0 Å². The molecule has 1 atom stereocenters. The number of piperidine rings is 1. The minimum Gasteiger partial charge on any atom is -0.465 e. The second-order valence-electron chi connectivity index (χ2n) is 7.05. The molecule has 20 heavy (non-hydrogen) atoms. The molecule has 2 rings (SSSR count). The number of carbonyl (C=O) groups is 1. The Balaban J connectivity index is 1.73. The van der Waals surface area contributed by atoms with E-state index in [2.05, 4.69) is 19.2 Å². The van der Waals surface area contributed by atoms with Crippen molar-refractivity contribution in [2.75, 3.05) is 19.7 Å². The van der Waals surface area contributed by atoms with Crippen LogP contribution in [0, 0.1) is 11.3 Å². The largest absolute Gasteiger partial charge is 0.465 e. The Kier molecular flexibility index (Phi) is 4.91. The number of hydrogen-bond acceptors (Lipinski definition) is 3. The Bertz CT molecular complexity index is 330. The average molecular weight is 284 g/mol. The highest BCUT2D eigenvalue weighted by atomic mass is 16.4. The fraction of sp³-hybridized carbons (Fsp3) is 0.933. The highest BCUT2D eigenvalue weighted by Gasteiger charge is 2.46. The summed E-state index contributed by atoms with van der Waals surface area (Å²) in [5.41, 5.74) is 0.363. The van der Waals surface area contributed by atoms with Crippen LogP contribution in [0.1, 0.15) is 46.0 Å². The van der Waals surface area contributed by atoms with Crippen LogP contribution >= 0.6 is 0 Å². The van der Waals surface area contributed by atoms with Gasteiger partial charge in [-0.3, -0.25) is 0 Å². The zero-order chi connectivity index (χ0) is 14.8. The normalized spacial score (nSPS) is 23.9. The van der Waals surface area contributed by atoms with Crippen molar-refractivity contribution >= 4 is 6.09 Å². The van der Waals surface area contributed by atoms with Crippen LogP contribution in [0.4, 0.5) is 4.79 Å². The molecule has 3 N–H and O–H groups in total. The van der Waals surface area contributed by atoms with E-state index in [-0.39, 0.29) is 12.6 Å². The number of hydrogen-bond donors (Lipinski definition) is 3. The third kappa shape index (κ3) is 3.64. The van der Waals surface area contributed by atoms with Gasteiger partial charge in [0.15, 0.2) is 0 Å². The SMILES string of the molecule is CC(C)C[C@@H](CO)NC1CC2(CCN(C(=O)O)CC2)C1. The second kappa shape index (κ2) is 6.31. The van der Waals surface area contributed by atoms with Crippen LogP contribution in [0.5, 0.6) is 0 Å². The van der Waals surface area contributed by atoms with Gasteiger partial charge >= 0.3 is 6.09 Å². The number of amides is 1. The number of carboxylic acid groups (broad SMARTS) is 1. The summed E-state index contributed by atoms with van der Waals surface area (Å²) in [6, 6.07) is 0.707. The molecule has 0 aromatic rings. The van der Waals surface area contributed by atoms with Crippen molar-refractivity contribution in [1.82, 2.24) is 10.2 Å². The first-order chi connectivity index (χ1) is 9.44. The average Bonchev–Trinajstić information content (AvgIpc) is 2.36. The van der Waals surface area contributed by atoms with Crippen LogP contribution in [0.3, 0.4) is 0 Å². The van der Waals surface area contributed by atoms with Crippen LogP contribution in [0.2, 0.25) is 0 Å². The molecular weight excluding hydrogens is 256 g/mol. The van der Waals surface area contributed by atoms with Gasteiger partial charge in [0.25, 0.3) is 0 Å². The van der Waals surface area contributed by atoms with E-state index < -0.39 is 6.09 Å². The molecule has 1 amide bonds. The molecule has 1 spiro atoms. The molecule has 1 saturated carbocycles. The Morgan fingerprint density at radius 3 is 2.40 bits per heavy atom. The van der Waals surface area contributed by atoms with Gasteiger partial charge in [-0.05, 0) is 43.4 Å². The topological polar surface area (TPSA) is 72.8 Å². The molecule has 0 bridgehead atoms. The van der Waals surface area contributed by atoms with E-state index in [4.69, 9.17) is 5.11 Å². The summed E-state index contributed by atoms with van der Waals surface area (Å²) in [5, 5.41) is 21.9. The Labute approximate surface area is 121 Å². The molecule has 1 heterocycles. The maximum Gasteiger partial charge on any atom is 0.407 e. The second-order valence-corrected chi connectivity index (χ2v) is 7.05. The summed E-state index contributed by atoms with van der Waals surface area (Å²) < 4.78 is 0. The maximum atomic E-state index is 10.9. The molecule has 0 aromatic carbocycles. The summed E-state index contributed by atoms with van der Waals surface area (Å²) in [7, 11) is 0. The van der Waals surface area contributed by atoms with Crippen molar-refractivity contribution in [2.45, 2.75) is 58.0 Å². The molecule has 1 aliphatic carbocycles. The summed E-state index contributed by atoms with van der Waals surface area (Å²) in [6.45, 7) is 5.91. The minimum atomic E-state index is -0.786. The molecule has 0 unspecified atom stereocenters. The highest BCUT2D eigenvalue weighted by Crippen LogP contribution is 2.49. The highest BCUT2D eigenvalue weighted by molar-refractivity contribution is 5.65. The summed E-state index contributed by atoms with van der Waals surface area (Å²) in [4.78, 5) is 12.4. The zero-order valence-electron chi connectivity index (χ0n) is 12.6. The monoisotopic (exact) mass is 284 g/mol. The van der Waals surface area contributed by atoms with Gasteiger partial charge in [-0.2, -0.15) is 0 Å². The van der Waals surface area contributed by atoms with Gasteiger partial charge < -0.3 is 20.4 Å². The smallest absolute Gasteiger partial charge is 0.407 e. The van der Waals surface area contributed by atoms with Gasteiger partial charge in [0.2, 0.25) is 0 Å². The van der Waals surface area contributed by atoms with E-state index in [0.29, 0.717) is 30.5 Å². The summed E-state index contributed by atoms with van der Waals surface area (Å²) in [5.74, 6) is 0.590. The first-order valence-corrected chi connectivity index (χ1v) is 7.79. The lowest BCUT2D eigenvalue weighted by Gasteiger charge is -2.52. The molecule has 5 heteroatoms. The van der Waals surface area contributed by atoms with E-state index in [9.17, 15) is 9.90 Å². The fourth-order valence-corrected chi connectivity index (χ4v) is 3.78. The quantitative estimate of drug-likeness (QED) is 0.721. The molecule has 116 valence electrons. The van der Waals surface area contributed by atoms with Gasteiger partial charge in [0, 0.05) is 25.2 Å². The van der Waals surface area contributed by atoms with E-state index >= 15 is 0 Å². The van der Waals surface area contributed by atoms with Crippen LogP contribution < -0.4 is 5.32 Å². The van der Waals surface area contributed by atoms with Crippen LogP contribution in [0.25, 0.3) is 0 Å². The number of aliphatic hydroxyl groups excluding tert-OH is 1. The number of nitrogens with zero attached hydrogens (tertiary/aromatic N) is 1. The van der Waals surface area contributed by atoms with Crippen molar-refractivity contribution < 1.29 is 15.0 Å². The lowest BCUT2D eigenvalue weighted by Crippen LogP contribution is -2.56. The predicted molar refractivity (Wildman–Crippen MR) is 77.8 cm³/mol. The van der Waals surface area contributed by atoms with Crippen molar-refractivity contribution in [2.24, 2.45) is 11.3 Å². The van der Waals surface area contributed by atoms with E-state index in [1.54, 1.807) is 0 Å². The summed E-state index contributed by atoms with van der Waals surface area (Å²) >= 11 is 0. The van der Waals surface area contributed by atoms with Gasteiger partial charge in [-0.25, -0.2) is 4.79 Å². The van der Waals surface area contributed by atoms with Crippen molar-refractivity contribution in [3.63, 3.8) is 0 Å². The van der Waals surface area contributed by atoms with E-state index in [1.807, 2.05) is 0 Å². The van der Waals surface area contributed by atoms with Gasteiger partial charge in [-0.15, -0.1) is 0 Å². The molecule has 1 saturated heterocycles. The maximum absolute atomic E-state index is 10.9. The van der Waals surface area contributed by atoms with Crippen LogP contribution in [-0.4, -0.2) is 53.0 Å². The van der Waals surface area contributed by atoms with E-state index in [1.165, 1.54) is 4.90 Å². The van der Waals surface area contributed by atoms with Gasteiger partial charge in [0.1, 0.15) is 0 Å². The lowest BCUT2D eigenvalue weighted by molar-refractivity contribution is 0.00280. The third-order valence-electron chi connectivity index (χ3n) is 4.90. The Morgan fingerprint density at radius 2 is 1.95 bits per heavy atom. The number of rotatable bonds is 5. The molecule has 1 aliphatic heterocycles. The Morgan fingerprint density at radius 1 is 1.35 bits per heavy atom. The first kappa shape index (κ1) is 15.6. The van der Waals surface area contributed by atoms with Gasteiger partial charge in [-0.1, -0.05) is 13.8 Å². The predicted octanol–water partition coefficient (Wildman–Crippen LogP) is 1.91. The molecule has 0 radical (unpaired) electrons. The standard InChI is InChI=1S/C15H28N2O3/c1-11(2)7-12(10-18)16-13-8-15(9-13)3-5-17(6-4-15)14(19)20/h11-13,16,18H,3-10H2,1-2H3,(H,19,20)/t12-/m0/s1. The van der Waals surface area contributed by atoms with E-state index in [0.717, 1.165) is 32.1 Å². The van der Waals surface area contributed by atoms with Crippen molar-refractivity contribution in [1.29, 1.82) is 0 Å². The lowest BCUT2D eigenvalue weighted by atomic mass is 9.60. The number of likely N-dealkylation sites (tertiary alicyclic amines) is 1. The molecule has 2 aliphatic rings.